The Hall–Kier alpha value is -2.03. The molecule has 2 aromatic rings. The summed E-state index contributed by atoms with van der Waals surface area (Å²) in [6.07, 6.45) is 0.314. The average molecular weight is 243 g/mol. The van der Waals surface area contributed by atoms with Crippen LogP contribution in [-0.2, 0) is 11.2 Å². The fourth-order valence-corrected chi connectivity index (χ4v) is 2.33. The monoisotopic (exact) mass is 243 g/mol. The van der Waals surface area contributed by atoms with E-state index in [1.807, 2.05) is 32.0 Å². The van der Waals surface area contributed by atoms with Gasteiger partial charge in [0.15, 0.2) is 0 Å². The Bertz CT molecular complexity index is 645. The van der Waals surface area contributed by atoms with Crippen LogP contribution in [0, 0.1) is 13.8 Å². The summed E-state index contributed by atoms with van der Waals surface area (Å²) in [6.45, 7) is 5.38. The number of aromatic hydroxyl groups is 1. The Labute approximate surface area is 106 Å². The summed E-state index contributed by atoms with van der Waals surface area (Å²) in [5.41, 5.74) is 8.99. The van der Waals surface area contributed by atoms with E-state index in [1.54, 1.807) is 6.92 Å². The Morgan fingerprint density at radius 2 is 1.94 bits per heavy atom. The summed E-state index contributed by atoms with van der Waals surface area (Å²) >= 11 is 0. The molecule has 2 rings (SSSR count). The van der Waals surface area contributed by atoms with Crippen LogP contribution in [0.15, 0.2) is 18.2 Å². The normalized spacial score (nSPS) is 10.8. The molecule has 3 heteroatoms. The lowest BCUT2D eigenvalue weighted by molar-refractivity contribution is -0.116. The number of phenolic OH excluding ortho intramolecular Hbond substituents is 1. The number of carbonyl (C=O) groups is 1. The van der Waals surface area contributed by atoms with Crippen molar-refractivity contribution in [3.63, 3.8) is 0 Å². The first-order valence-corrected chi connectivity index (χ1v) is 5.91. The zero-order valence-corrected chi connectivity index (χ0v) is 10.9. The van der Waals surface area contributed by atoms with Gasteiger partial charge in [-0.1, -0.05) is 17.7 Å². The van der Waals surface area contributed by atoms with Crippen molar-refractivity contribution in [3.05, 3.63) is 34.9 Å². The third-order valence-corrected chi connectivity index (χ3v) is 3.12. The minimum absolute atomic E-state index is 0.0699. The molecule has 0 spiro atoms. The average Bonchev–Trinajstić information content (AvgIpc) is 2.24. The number of fused-ring (bicyclic) bond motifs is 1. The molecule has 3 N–H and O–H groups in total. The molecule has 0 heterocycles. The summed E-state index contributed by atoms with van der Waals surface area (Å²) in [6, 6.07) is 5.87. The highest BCUT2D eigenvalue weighted by atomic mass is 16.3. The number of carbonyl (C=O) groups excluding carboxylic acids is 1. The second kappa shape index (κ2) is 4.33. The van der Waals surface area contributed by atoms with Crippen molar-refractivity contribution in [2.45, 2.75) is 27.2 Å². The van der Waals surface area contributed by atoms with E-state index in [-0.39, 0.29) is 11.5 Å². The van der Waals surface area contributed by atoms with Gasteiger partial charge in [0.05, 0.1) is 5.69 Å². The third-order valence-electron chi connectivity index (χ3n) is 3.12. The molecular formula is C15H17NO2. The quantitative estimate of drug-likeness (QED) is 0.629. The lowest BCUT2D eigenvalue weighted by atomic mass is 9.95. The molecule has 0 aliphatic carbocycles. The van der Waals surface area contributed by atoms with Gasteiger partial charge in [-0.3, -0.25) is 4.79 Å². The minimum Gasteiger partial charge on any atom is -0.505 e. The van der Waals surface area contributed by atoms with Crippen LogP contribution in [0.25, 0.3) is 10.8 Å². The number of benzene rings is 2. The Morgan fingerprint density at radius 1 is 1.28 bits per heavy atom. The van der Waals surface area contributed by atoms with E-state index in [9.17, 15) is 9.90 Å². The van der Waals surface area contributed by atoms with Crippen LogP contribution >= 0.6 is 0 Å². The Kier molecular flexibility index (Phi) is 2.99. The predicted molar refractivity (Wildman–Crippen MR) is 73.9 cm³/mol. The van der Waals surface area contributed by atoms with Gasteiger partial charge in [0, 0.05) is 11.8 Å². The van der Waals surface area contributed by atoms with Crippen molar-refractivity contribution < 1.29 is 9.90 Å². The minimum atomic E-state index is 0.0699. The van der Waals surface area contributed by atoms with Crippen LogP contribution in [0.2, 0.25) is 0 Å². The van der Waals surface area contributed by atoms with Gasteiger partial charge in [0.2, 0.25) is 0 Å². The number of phenols is 1. The van der Waals surface area contributed by atoms with Gasteiger partial charge >= 0.3 is 0 Å². The number of hydrogen-bond donors (Lipinski definition) is 2. The molecule has 0 bridgehead atoms. The Morgan fingerprint density at radius 3 is 2.56 bits per heavy atom. The summed E-state index contributed by atoms with van der Waals surface area (Å²) in [5.74, 6) is 0.154. The van der Waals surface area contributed by atoms with Crippen molar-refractivity contribution in [1.82, 2.24) is 0 Å². The summed E-state index contributed by atoms with van der Waals surface area (Å²) in [7, 11) is 0. The molecule has 0 unspecified atom stereocenters. The van der Waals surface area contributed by atoms with Gasteiger partial charge in [0.1, 0.15) is 11.5 Å². The van der Waals surface area contributed by atoms with Crippen LogP contribution in [0.1, 0.15) is 23.6 Å². The second-order valence-corrected chi connectivity index (χ2v) is 4.86. The van der Waals surface area contributed by atoms with E-state index in [4.69, 9.17) is 5.73 Å². The molecule has 94 valence electrons. The molecule has 18 heavy (non-hydrogen) atoms. The standard InChI is InChI=1S/C15H17NO2/c1-8-4-11-6-9(2)14(16)15(18)13(11)12(5-8)7-10(3)17/h4-6,18H,7,16H2,1-3H3. The van der Waals surface area contributed by atoms with Crippen molar-refractivity contribution >= 4 is 22.2 Å². The zero-order valence-electron chi connectivity index (χ0n) is 10.9. The molecule has 3 nitrogen and oxygen atoms in total. The predicted octanol–water partition coefficient (Wildman–Crippen LogP) is 2.88. The number of Topliss-reactive ketones (excluding diaryl/α,β-unsaturated/α-hetero) is 1. The number of nitrogen functional groups attached to an aromatic ring is 1. The topological polar surface area (TPSA) is 63.3 Å². The molecule has 2 aromatic carbocycles. The van der Waals surface area contributed by atoms with Gasteiger partial charge in [-0.05, 0) is 43.4 Å². The molecule has 0 atom stereocenters. The van der Waals surface area contributed by atoms with Crippen molar-refractivity contribution in [2.24, 2.45) is 0 Å². The lowest BCUT2D eigenvalue weighted by Gasteiger charge is -2.12. The molecule has 0 fully saturated rings. The van der Waals surface area contributed by atoms with Crippen LogP contribution < -0.4 is 5.73 Å². The first-order chi connectivity index (χ1) is 8.40. The fourth-order valence-electron chi connectivity index (χ4n) is 2.33. The Balaban J connectivity index is 2.84. The molecule has 0 saturated heterocycles. The van der Waals surface area contributed by atoms with E-state index in [0.29, 0.717) is 17.5 Å². The van der Waals surface area contributed by atoms with Gasteiger partial charge in [-0.2, -0.15) is 0 Å². The number of rotatable bonds is 2. The number of aryl methyl sites for hydroxylation is 2. The first-order valence-electron chi connectivity index (χ1n) is 5.91. The zero-order chi connectivity index (χ0) is 13.4. The SMILES string of the molecule is CC(=O)Cc1cc(C)cc2cc(C)c(N)c(O)c12. The second-order valence-electron chi connectivity index (χ2n) is 4.86. The lowest BCUT2D eigenvalue weighted by Crippen LogP contribution is -2.00. The first kappa shape index (κ1) is 12.4. The molecule has 0 radical (unpaired) electrons. The van der Waals surface area contributed by atoms with E-state index in [2.05, 4.69) is 0 Å². The smallest absolute Gasteiger partial charge is 0.146 e. The molecule has 0 aromatic heterocycles. The largest absolute Gasteiger partial charge is 0.505 e. The maximum atomic E-state index is 11.3. The third kappa shape index (κ3) is 2.04. The highest BCUT2D eigenvalue weighted by Crippen LogP contribution is 2.36. The van der Waals surface area contributed by atoms with Crippen LogP contribution in [0.3, 0.4) is 0 Å². The van der Waals surface area contributed by atoms with E-state index in [1.165, 1.54) is 0 Å². The molecule has 0 aliphatic heterocycles. The maximum absolute atomic E-state index is 11.3. The molecule has 0 aliphatic rings. The van der Waals surface area contributed by atoms with Crippen molar-refractivity contribution in [1.29, 1.82) is 0 Å². The fraction of sp³-hybridized carbons (Fsp3) is 0.267. The van der Waals surface area contributed by atoms with Gasteiger partial charge in [0.25, 0.3) is 0 Å². The highest BCUT2D eigenvalue weighted by Gasteiger charge is 2.13. The van der Waals surface area contributed by atoms with Gasteiger partial charge < -0.3 is 10.8 Å². The number of hydrogen-bond acceptors (Lipinski definition) is 3. The summed E-state index contributed by atoms with van der Waals surface area (Å²) in [4.78, 5) is 11.3. The summed E-state index contributed by atoms with van der Waals surface area (Å²) < 4.78 is 0. The maximum Gasteiger partial charge on any atom is 0.146 e. The van der Waals surface area contributed by atoms with Gasteiger partial charge in [-0.15, -0.1) is 0 Å². The van der Waals surface area contributed by atoms with Gasteiger partial charge in [-0.25, -0.2) is 0 Å². The van der Waals surface area contributed by atoms with Crippen LogP contribution in [0.4, 0.5) is 5.69 Å². The highest BCUT2D eigenvalue weighted by molar-refractivity contribution is 5.98. The van der Waals surface area contributed by atoms with E-state index in [0.717, 1.165) is 22.1 Å². The van der Waals surface area contributed by atoms with E-state index < -0.39 is 0 Å². The van der Waals surface area contributed by atoms with Crippen molar-refractivity contribution in [3.8, 4) is 5.75 Å². The molecule has 0 saturated carbocycles. The molecular weight excluding hydrogens is 226 g/mol. The van der Waals surface area contributed by atoms with Crippen molar-refractivity contribution in [2.75, 3.05) is 5.73 Å². The van der Waals surface area contributed by atoms with E-state index >= 15 is 0 Å². The summed E-state index contributed by atoms with van der Waals surface area (Å²) in [5, 5.41) is 11.8. The number of ketones is 1. The van der Waals surface area contributed by atoms with Crippen LogP contribution in [0.5, 0.6) is 5.75 Å². The number of anilines is 1. The number of nitrogens with two attached hydrogens (primary N) is 1. The molecule has 0 amide bonds. The van der Waals surface area contributed by atoms with Crippen LogP contribution in [-0.4, -0.2) is 10.9 Å².